The number of phenols is 1. The minimum atomic E-state index is -0.143. The van der Waals surface area contributed by atoms with Crippen LogP contribution in [0, 0.1) is 6.92 Å². The number of aromatic nitrogens is 1. The van der Waals surface area contributed by atoms with Crippen molar-refractivity contribution in [3.8, 4) is 11.5 Å². The highest BCUT2D eigenvalue weighted by Gasteiger charge is 2.34. The smallest absolute Gasteiger partial charge is 0.232 e. The van der Waals surface area contributed by atoms with Crippen molar-refractivity contribution in [2.75, 3.05) is 50.1 Å². The SMILES string of the molecule is Cc1cc(O)c(CN2CCN(c3ccccn3)CC2)c2c1C(=O)/C(=C\c1ccc(N(C)C)cc1)O2. The van der Waals surface area contributed by atoms with E-state index in [1.807, 2.05) is 74.6 Å². The summed E-state index contributed by atoms with van der Waals surface area (Å²) >= 11 is 0. The number of benzene rings is 2. The lowest BCUT2D eigenvalue weighted by molar-refractivity contribution is 0.101. The molecule has 2 aliphatic rings. The molecule has 0 radical (unpaired) electrons. The van der Waals surface area contributed by atoms with Gasteiger partial charge in [0, 0.05) is 58.7 Å². The molecular formula is C28H30N4O3. The summed E-state index contributed by atoms with van der Waals surface area (Å²) in [5.74, 6) is 1.77. The van der Waals surface area contributed by atoms with E-state index in [1.54, 1.807) is 12.1 Å². The van der Waals surface area contributed by atoms with Crippen molar-refractivity contribution < 1.29 is 14.6 Å². The van der Waals surface area contributed by atoms with Gasteiger partial charge in [-0.2, -0.15) is 0 Å². The molecule has 35 heavy (non-hydrogen) atoms. The second-order valence-electron chi connectivity index (χ2n) is 9.27. The van der Waals surface area contributed by atoms with Gasteiger partial charge >= 0.3 is 0 Å². The lowest BCUT2D eigenvalue weighted by atomic mass is 9.99. The number of aryl methyl sites for hydroxylation is 1. The van der Waals surface area contributed by atoms with Gasteiger partial charge in [0.2, 0.25) is 5.78 Å². The zero-order valence-electron chi connectivity index (χ0n) is 20.4. The van der Waals surface area contributed by atoms with E-state index < -0.39 is 0 Å². The average molecular weight is 471 g/mol. The molecule has 2 aliphatic heterocycles. The monoisotopic (exact) mass is 470 g/mol. The highest BCUT2D eigenvalue weighted by atomic mass is 16.5. The molecule has 0 aliphatic carbocycles. The topological polar surface area (TPSA) is 69.1 Å². The van der Waals surface area contributed by atoms with E-state index in [2.05, 4.69) is 14.8 Å². The summed E-state index contributed by atoms with van der Waals surface area (Å²) in [6.45, 7) is 5.70. The molecule has 5 rings (SSSR count). The van der Waals surface area contributed by atoms with Crippen molar-refractivity contribution in [1.82, 2.24) is 9.88 Å². The minimum absolute atomic E-state index is 0.143. The number of ether oxygens (including phenoxy) is 1. The number of ketones is 1. The Morgan fingerprint density at radius 2 is 1.83 bits per heavy atom. The van der Waals surface area contributed by atoms with Crippen molar-refractivity contribution in [3.05, 3.63) is 82.7 Å². The van der Waals surface area contributed by atoms with E-state index in [1.165, 1.54) is 0 Å². The van der Waals surface area contributed by atoms with E-state index >= 15 is 0 Å². The fourth-order valence-corrected chi connectivity index (χ4v) is 4.65. The van der Waals surface area contributed by atoms with Gasteiger partial charge in [0.05, 0.1) is 11.1 Å². The summed E-state index contributed by atoms with van der Waals surface area (Å²) in [5.41, 5.74) is 3.90. The number of aromatic hydroxyl groups is 1. The van der Waals surface area contributed by atoms with E-state index in [0.717, 1.165) is 48.8 Å². The minimum Gasteiger partial charge on any atom is -0.507 e. The summed E-state index contributed by atoms with van der Waals surface area (Å²) in [6.07, 6.45) is 3.58. The molecule has 0 amide bonds. The molecule has 1 aromatic heterocycles. The summed E-state index contributed by atoms with van der Waals surface area (Å²) in [6, 6.07) is 15.6. The molecule has 180 valence electrons. The number of carbonyl (C=O) groups excluding carboxylic acids is 1. The molecule has 1 saturated heterocycles. The number of nitrogens with zero attached hydrogens (tertiary/aromatic N) is 4. The molecular weight excluding hydrogens is 440 g/mol. The van der Waals surface area contributed by atoms with E-state index in [-0.39, 0.29) is 17.3 Å². The fourth-order valence-electron chi connectivity index (χ4n) is 4.65. The van der Waals surface area contributed by atoms with Crippen molar-refractivity contribution in [2.45, 2.75) is 13.5 Å². The van der Waals surface area contributed by atoms with Gasteiger partial charge in [0.1, 0.15) is 17.3 Å². The number of hydrogen-bond donors (Lipinski definition) is 1. The third-order valence-electron chi connectivity index (χ3n) is 6.66. The first-order valence-electron chi connectivity index (χ1n) is 11.9. The molecule has 0 saturated carbocycles. The molecule has 7 nitrogen and oxygen atoms in total. The number of rotatable bonds is 5. The van der Waals surface area contributed by atoms with Crippen LogP contribution in [0.5, 0.6) is 11.5 Å². The van der Waals surface area contributed by atoms with Gasteiger partial charge in [0.25, 0.3) is 0 Å². The van der Waals surface area contributed by atoms with E-state index in [9.17, 15) is 9.90 Å². The third-order valence-corrected chi connectivity index (χ3v) is 6.66. The summed E-state index contributed by atoms with van der Waals surface area (Å²) in [4.78, 5) is 24.3. The van der Waals surface area contributed by atoms with Crippen LogP contribution in [0.25, 0.3) is 6.08 Å². The predicted molar refractivity (Wildman–Crippen MR) is 138 cm³/mol. The number of Topliss-reactive ketones (excluding diaryl/α,β-unsaturated/α-hetero) is 1. The van der Waals surface area contributed by atoms with Gasteiger partial charge in [-0.25, -0.2) is 4.98 Å². The van der Waals surface area contributed by atoms with Gasteiger partial charge in [-0.1, -0.05) is 18.2 Å². The van der Waals surface area contributed by atoms with Crippen LogP contribution in [0.15, 0.2) is 60.5 Å². The van der Waals surface area contributed by atoms with Gasteiger partial charge in [-0.3, -0.25) is 9.69 Å². The molecule has 7 heteroatoms. The van der Waals surface area contributed by atoms with Crippen molar-refractivity contribution >= 4 is 23.4 Å². The van der Waals surface area contributed by atoms with Crippen molar-refractivity contribution in [1.29, 1.82) is 0 Å². The summed E-state index contributed by atoms with van der Waals surface area (Å²) in [7, 11) is 3.98. The summed E-state index contributed by atoms with van der Waals surface area (Å²) in [5, 5.41) is 10.8. The van der Waals surface area contributed by atoms with E-state index in [4.69, 9.17) is 4.74 Å². The fraction of sp³-hybridized carbons (Fsp3) is 0.286. The quantitative estimate of drug-likeness (QED) is 0.563. The Labute approximate surface area is 205 Å². The Morgan fingerprint density at radius 1 is 1.09 bits per heavy atom. The first-order chi connectivity index (χ1) is 16.9. The molecule has 0 spiro atoms. The van der Waals surface area contributed by atoms with Gasteiger partial charge < -0.3 is 19.6 Å². The van der Waals surface area contributed by atoms with Crippen LogP contribution in [0.2, 0.25) is 0 Å². The second-order valence-corrected chi connectivity index (χ2v) is 9.27. The van der Waals surface area contributed by atoms with Crippen LogP contribution in [0.1, 0.15) is 27.0 Å². The Hall–Kier alpha value is -3.84. The largest absolute Gasteiger partial charge is 0.507 e. The number of carbonyl (C=O) groups is 1. The molecule has 3 heterocycles. The Kier molecular flexibility index (Phi) is 6.17. The van der Waals surface area contributed by atoms with Crippen LogP contribution in [0.3, 0.4) is 0 Å². The van der Waals surface area contributed by atoms with Crippen LogP contribution in [-0.4, -0.2) is 61.0 Å². The summed E-state index contributed by atoms with van der Waals surface area (Å²) < 4.78 is 6.12. The second kappa shape index (κ2) is 9.43. The molecule has 0 bridgehead atoms. The highest BCUT2D eigenvalue weighted by molar-refractivity contribution is 6.15. The van der Waals surface area contributed by atoms with Crippen LogP contribution < -0.4 is 14.5 Å². The number of fused-ring (bicyclic) bond motifs is 1. The van der Waals surface area contributed by atoms with Crippen LogP contribution >= 0.6 is 0 Å². The molecule has 1 fully saturated rings. The number of piperazine rings is 1. The lowest BCUT2D eigenvalue weighted by Crippen LogP contribution is -2.46. The maximum Gasteiger partial charge on any atom is 0.232 e. The highest BCUT2D eigenvalue weighted by Crippen LogP contribution is 2.42. The Balaban J connectivity index is 1.35. The van der Waals surface area contributed by atoms with Crippen molar-refractivity contribution in [3.63, 3.8) is 0 Å². The van der Waals surface area contributed by atoms with Crippen LogP contribution in [0.4, 0.5) is 11.5 Å². The number of phenolic OH excluding ortho intramolecular Hbond substituents is 1. The lowest BCUT2D eigenvalue weighted by Gasteiger charge is -2.35. The zero-order valence-corrected chi connectivity index (χ0v) is 20.4. The molecule has 0 unspecified atom stereocenters. The zero-order chi connectivity index (χ0) is 24.5. The normalized spacial score (nSPS) is 16.9. The maximum absolute atomic E-state index is 13.2. The van der Waals surface area contributed by atoms with Gasteiger partial charge in [0.15, 0.2) is 5.76 Å². The first-order valence-corrected chi connectivity index (χ1v) is 11.9. The molecule has 2 aromatic carbocycles. The molecule has 0 atom stereocenters. The number of anilines is 2. The van der Waals surface area contributed by atoms with Crippen molar-refractivity contribution in [2.24, 2.45) is 0 Å². The number of pyridine rings is 1. The first kappa shape index (κ1) is 22.9. The molecule has 1 N–H and O–H groups in total. The van der Waals surface area contributed by atoms with E-state index in [0.29, 0.717) is 23.4 Å². The van der Waals surface area contributed by atoms with Gasteiger partial charge in [-0.05, 0) is 54.5 Å². The predicted octanol–water partition coefficient (Wildman–Crippen LogP) is 4.10. The average Bonchev–Trinajstić information content (AvgIpc) is 3.19. The molecule has 3 aromatic rings. The number of allylic oxidation sites excluding steroid dienone is 1. The number of hydrogen-bond acceptors (Lipinski definition) is 7. The Morgan fingerprint density at radius 3 is 2.49 bits per heavy atom. The third kappa shape index (κ3) is 4.59. The Bertz CT molecular complexity index is 1260. The van der Waals surface area contributed by atoms with Gasteiger partial charge in [-0.15, -0.1) is 0 Å². The standard InChI is InChI=1S/C28H30N4O3/c1-19-16-23(33)22(18-31-12-14-32(15-13-31)25-6-4-5-11-29-25)28-26(19)27(34)24(35-28)17-20-7-9-21(10-8-20)30(2)3/h4-11,16-17,33H,12-15,18H2,1-3H3/b24-17+. The van der Waals surface area contributed by atoms with Crippen LogP contribution in [-0.2, 0) is 6.54 Å². The maximum atomic E-state index is 13.2.